The summed E-state index contributed by atoms with van der Waals surface area (Å²) in [4.78, 5) is 51.3. The smallest absolute Gasteiger partial charge is 0.329 e. The molecule has 0 heterocycles. The Bertz CT molecular complexity index is 1060. The van der Waals surface area contributed by atoms with Crippen molar-refractivity contribution >= 4 is 102 Å². The van der Waals surface area contributed by atoms with E-state index in [0.717, 1.165) is 0 Å². The summed E-state index contributed by atoms with van der Waals surface area (Å²) in [6.45, 7) is 3.19. The van der Waals surface area contributed by atoms with E-state index in [9.17, 15) is 29.4 Å². The maximum absolute atomic E-state index is 13.2. The van der Waals surface area contributed by atoms with Gasteiger partial charge >= 0.3 is 11.9 Å². The molecule has 43 heavy (non-hydrogen) atoms. The molecule has 1 rings (SSSR count). The van der Waals surface area contributed by atoms with E-state index in [4.69, 9.17) is 33.9 Å². The van der Waals surface area contributed by atoms with E-state index in [1.165, 1.54) is 60.3 Å². The van der Waals surface area contributed by atoms with Gasteiger partial charge in [0.1, 0.15) is 12.1 Å². The van der Waals surface area contributed by atoms with Crippen LogP contribution in [0.4, 0.5) is 0 Å². The van der Waals surface area contributed by atoms with E-state index in [0.29, 0.717) is 5.56 Å². The van der Waals surface area contributed by atoms with Crippen molar-refractivity contribution < 1.29 is 38.9 Å². The van der Waals surface area contributed by atoms with E-state index in [1.54, 1.807) is 32.0 Å². The quantitative estimate of drug-likeness (QED) is 0.0316. The Morgan fingerprint density at radius 3 is 1.79 bits per heavy atom. The molecule has 0 bridgehead atoms. The SMILES string of the molecule is CCOC(=O)C(CSSN[C@@H](C=S)CO)NC(=O)Cc1ccccc1C(=O)NC(CSSN[C@@H](C=S)CO)C(=O)OCC. The molecule has 4 atom stereocenters. The monoisotopic (exact) mass is 712 g/mol. The van der Waals surface area contributed by atoms with Crippen molar-refractivity contribution in [2.45, 2.75) is 44.4 Å². The molecule has 2 unspecified atom stereocenters. The molecule has 2 amide bonds. The Balaban J connectivity index is 2.91. The molecule has 0 aromatic heterocycles. The minimum absolute atomic E-state index is 0.123. The molecule has 18 heteroatoms. The standard InChI is InChI=1S/C25H36N4O8S6/c1-3-36-24(34)20(14-40-42-28-17(10-30)12-38)26-22(32)9-16-7-5-6-8-19(16)23(33)27-21(25(35)37-4-2)15-41-43-29-18(11-31)13-39/h5-8,12-13,17-18,20-21,28-31H,3-4,9-11,14-15H2,1-2H3,(H,26,32)(H,27,33)/t17-,18-,20?,21?/m1/s1. The summed E-state index contributed by atoms with van der Waals surface area (Å²) in [7, 11) is 4.80. The van der Waals surface area contributed by atoms with Gasteiger partial charge in [-0.3, -0.25) is 9.59 Å². The predicted molar refractivity (Wildman–Crippen MR) is 182 cm³/mol. The fraction of sp³-hybridized carbons (Fsp3) is 0.520. The lowest BCUT2D eigenvalue weighted by molar-refractivity contribution is -0.146. The summed E-state index contributed by atoms with van der Waals surface area (Å²) in [6.07, 6.45) is -0.216. The second kappa shape index (κ2) is 23.8. The first kappa shape index (κ1) is 39.5. The van der Waals surface area contributed by atoms with Gasteiger partial charge in [0, 0.05) is 17.1 Å². The fourth-order valence-corrected chi connectivity index (χ4v) is 7.36. The highest BCUT2D eigenvalue weighted by molar-refractivity contribution is 8.76. The Hall–Kier alpha value is -1.48. The van der Waals surface area contributed by atoms with Gasteiger partial charge in [0.2, 0.25) is 5.91 Å². The van der Waals surface area contributed by atoms with Crippen molar-refractivity contribution in [2.75, 3.05) is 37.9 Å². The molecule has 0 fully saturated rings. The lowest BCUT2D eigenvalue weighted by atomic mass is 10.0. The number of nitrogens with one attached hydrogen (secondary N) is 4. The van der Waals surface area contributed by atoms with Crippen LogP contribution in [0.1, 0.15) is 29.8 Å². The second-order valence-corrected chi connectivity index (χ2v) is 13.2. The topological polar surface area (TPSA) is 175 Å². The molecule has 0 radical (unpaired) electrons. The van der Waals surface area contributed by atoms with E-state index in [-0.39, 0.29) is 49.9 Å². The Labute approximate surface area is 277 Å². The van der Waals surface area contributed by atoms with Gasteiger partial charge in [-0.15, -0.1) is 0 Å². The normalized spacial score (nSPS) is 13.6. The zero-order valence-corrected chi connectivity index (χ0v) is 28.4. The third kappa shape index (κ3) is 15.9. The van der Waals surface area contributed by atoms with Gasteiger partial charge in [-0.25, -0.2) is 19.0 Å². The number of aliphatic hydroxyl groups is 2. The van der Waals surface area contributed by atoms with E-state index in [2.05, 4.69) is 20.1 Å². The van der Waals surface area contributed by atoms with Crippen LogP contribution in [-0.2, 0) is 30.3 Å². The third-order valence-corrected chi connectivity index (χ3v) is 9.83. The van der Waals surface area contributed by atoms with Gasteiger partial charge in [-0.2, -0.15) is 0 Å². The van der Waals surface area contributed by atoms with Crippen LogP contribution in [0.25, 0.3) is 0 Å². The molecule has 6 N–H and O–H groups in total. The minimum Gasteiger partial charge on any atom is -0.464 e. The molecule has 0 aliphatic rings. The average Bonchev–Trinajstić information content (AvgIpc) is 3.00. The summed E-state index contributed by atoms with van der Waals surface area (Å²) in [5.41, 5.74) is 0.564. The van der Waals surface area contributed by atoms with Gasteiger partial charge in [0.25, 0.3) is 5.91 Å². The molecule has 0 saturated carbocycles. The van der Waals surface area contributed by atoms with Gasteiger partial charge < -0.3 is 30.3 Å². The lowest BCUT2D eigenvalue weighted by Crippen LogP contribution is -2.45. The molecular weight excluding hydrogens is 677 g/mol. The Morgan fingerprint density at radius 2 is 1.33 bits per heavy atom. The van der Waals surface area contributed by atoms with Crippen LogP contribution in [0, 0.1) is 0 Å². The first-order chi connectivity index (χ1) is 20.7. The molecular formula is C25H36N4O8S6. The van der Waals surface area contributed by atoms with Crippen LogP contribution < -0.4 is 20.1 Å². The highest BCUT2D eigenvalue weighted by Crippen LogP contribution is 2.21. The van der Waals surface area contributed by atoms with Gasteiger partial charge in [-0.05, 0) is 58.2 Å². The zero-order valence-electron chi connectivity index (χ0n) is 23.5. The maximum atomic E-state index is 13.2. The van der Waals surface area contributed by atoms with Gasteiger partial charge in [0.05, 0.1) is 44.9 Å². The summed E-state index contributed by atoms with van der Waals surface area (Å²) in [6, 6.07) is 3.67. The molecule has 1 aromatic rings. The number of esters is 2. The number of hydrogen-bond donors (Lipinski definition) is 6. The lowest BCUT2D eigenvalue weighted by Gasteiger charge is -2.19. The molecule has 0 spiro atoms. The van der Waals surface area contributed by atoms with Crippen molar-refractivity contribution in [1.29, 1.82) is 0 Å². The summed E-state index contributed by atoms with van der Waals surface area (Å²) in [5.74, 6) is -2.01. The number of carbonyl (C=O) groups excluding carboxylic acids is 4. The summed E-state index contributed by atoms with van der Waals surface area (Å²) in [5, 5.41) is 26.5. The van der Waals surface area contributed by atoms with Crippen LogP contribution in [0.15, 0.2) is 24.3 Å². The fourth-order valence-electron chi connectivity index (χ4n) is 2.99. The van der Waals surface area contributed by atoms with E-state index in [1.807, 2.05) is 0 Å². The van der Waals surface area contributed by atoms with E-state index >= 15 is 0 Å². The van der Waals surface area contributed by atoms with E-state index < -0.39 is 47.9 Å². The summed E-state index contributed by atoms with van der Waals surface area (Å²) >= 11 is 9.64. The first-order valence-corrected chi connectivity index (χ1v) is 18.5. The van der Waals surface area contributed by atoms with Crippen LogP contribution in [0.3, 0.4) is 0 Å². The number of rotatable bonds is 23. The number of benzene rings is 1. The maximum Gasteiger partial charge on any atom is 0.329 e. The minimum atomic E-state index is -0.992. The zero-order chi connectivity index (χ0) is 32.0. The Morgan fingerprint density at radius 1 is 0.837 bits per heavy atom. The van der Waals surface area contributed by atoms with Crippen LogP contribution >= 0.6 is 68.0 Å². The molecule has 0 saturated heterocycles. The van der Waals surface area contributed by atoms with Crippen molar-refractivity contribution in [2.24, 2.45) is 0 Å². The largest absolute Gasteiger partial charge is 0.464 e. The molecule has 1 aromatic carbocycles. The highest BCUT2D eigenvalue weighted by Gasteiger charge is 2.26. The first-order valence-electron chi connectivity index (χ1n) is 13.0. The van der Waals surface area contributed by atoms with Crippen molar-refractivity contribution in [3.63, 3.8) is 0 Å². The number of amides is 2. The van der Waals surface area contributed by atoms with Crippen molar-refractivity contribution in [3.05, 3.63) is 35.4 Å². The number of hydrogen-bond acceptors (Lipinski definition) is 16. The summed E-state index contributed by atoms with van der Waals surface area (Å²) < 4.78 is 16.1. The van der Waals surface area contributed by atoms with Crippen LogP contribution in [0.2, 0.25) is 0 Å². The number of aliphatic hydroxyl groups excluding tert-OH is 2. The highest BCUT2D eigenvalue weighted by atomic mass is 33.1. The van der Waals surface area contributed by atoms with Crippen LogP contribution in [0.5, 0.6) is 0 Å². The molecule has 240 valence electrons. The van der Waals surface area contributed by atoms with Gasteiger partial charge in [0.15, 0.2) is 0 Å². The molecule has 0 aliphatic heterocycles. The number of ether oxygens (including phenoxy) is 2. The molecule has 12 nitrogen and oxygen atoms in total. The van der Waals surface area contributed by atoms with Crippen molar-refractivity contribution in [3.8, 4) is 0 Å². The molecule has 0 aliphatic carbocycles. The average molecular weight is 713 g/mol. The number of thiocarbonyl (C=S) groups is 2. The number of carbonyl (C=O) groups is 4. The van der Waals surface area contributed by atoms with Crippen molar-refractivity contribution in [1.82, 2.24) is 20.1 Å². The Kier molecular flexibility index (Phi) is 21.9. The predicted octanol–water partition coefficient (Wildman–Crippen LogP) is 1.43. The third-order valence-electron chi connectivity index (χ3n) is 5.10. The second-order valence-electron chi connectivity index (χ2n) is 8.31. The van der Waals surface area contributed by atoms with Gasteiger partial charge in [-0.1, -0.05) is 64.2 Å². The van der Waals surface area contributed by atoms with Crippen LogP contribution in [-0.4, -0.2) is 107 Å².